The molecule has 2 aliphatic heterocycles. The normalized spacial score (nSPS) is 30.3. The third-order valence-electron chi connectivity index (χ3n) is 4.33. The van der Waals surface area contributed by atoms with Gasteiger partial charge in [-0.05, 0) is 38.8 Å². The van der Waals surface area contributed by atoms with Gasteiger partial charge in [-0.2, -0.15) is 0 Å². The van der Waals surface area contributed by atoms with Gasteiger partial charge in [0, 0.05) is 36.8 Å². The summed E-state index contributed by atoms with van der Waals surface area (Å²) in [6.45, 7) is 4.76. The summed E-state index contributed by atoms with van der Waals surface area (Å²) in [5.41, 5.74) is 0. The lowest BCUT2D eigenvalue weighted by atomic mass is 9.84. The molecule has 2 fully saturated rings. The number of nitrogens with zero attached hydrogens (tertiary/aromatic N) is 3. The van der Waals surface area contributed by atoms with Gasteiger partial charge in [-0.1, -0.05) is 11.6 Å². The first-order valence-electron chi connectivity index (χ1n) is 6.75. The second-order valence-corrected chi connectivity index (χ2v) is 7.25. The van der Waals surface area contributed by atoms with Crippen LogP contribution in [-0.2, 0) is 6.54 Å². The van der Waals surface area contributed by atoms with Crippen molar-refractivity contribution in [3.05, 3.63) is 15.5 Å². The van der Waals surface area contributed by atoms with Crippen molar-refractivity contribution in [1.82, 2.24) is 14.8 Å². The van der Waals surface area contributed by atoms with E-state index in [1.807, 2.05) is 6.20 Å². The Balaban J connectivity index is 1.60. The van der Waals surface area contributed by atoms with Crippen molar-refractivity contribution < 1.29 is 0 Å². The van der Waals surface area contributed by atoms with Crippen LogP contribution in [0.3, 0.4) is 0 Å². The van der Waals surface area contributed by atoms with Crippen LogP contribution in [0.5, 0.6) is 0 Å². The fraction of sp³-hybridized carbons (Fsp3) is 0.769. The number of fused-ring (bicyclic) bond motifs is 1. The second kappa shape index (κ2) is 5.45. The number of likely N-dealkylation sites (tertiary alicyclic amines) is 2. The molecular formula is C13H20ClN3S. The topological polar surface area (TPSA) is 19.4 Å². The summed E-state index contributed by atoms with van der Waals surface area (Å²) in [4.78, 5) is 10.6. The van der Waals surface area contributed by atoms with Gasteiger partial charge < -0.3 is 4.90 Å². The van der Waals surface area contributed by atoms with Gasteiger partial charge in [0.25, 0.3) is 0 Å². The lowest BCUT2D eigenvalue weighted by Gasteiger charge is -2.45. The monoisotopic (exact) mass is 285 g/mol. The smallest absolute Gasteiger partial charge is 0.183 e. The van der Waals surface area contributed by atoms with Gasteiger partial charge in [0.2, 0.25) is 0 Å². The van der Waals surface area contributed by atoms with Crippen LogP contribution in [0.1, 0.15) is 24.1 Å². The van der Waals surface area contributed by atoms with E-state index in [-0.39, 0.29) is 0 Å². The maximum atomic E-state index is 5.89. The summed E-state index contributed by atoms with van der Waals surface area (Å²) in [6, 6.07) is 0.819. The highest BCUT2D eigenvalue weighted by molar-refractivity contribution is 7.15. The van der Waals surface area contributed by atoms with Gasteiger partial charge >= 0.3 is 0 Å². The lowest BCUT2D eigenvalue weighted by Crippen LogP contribution is -2.52. The first-order valence-corrected chi connectivity index (χ1v) is 7.94. The van der Waals surface area contributed by atoms with Crippen LogP contribution in [0.25, 0.3) is 0 Å². The Morgan fingerprint density at radius 3 is 3.11 bits per heavy atom. The molecule has 2 aliphatic rings. The highest BCUT2D eigenvalue weighted by Gasteiger charge is 2.34. The summed E-state index contributed by atoms with van der Waals surface area (Å²) < 4.78 is 0.664. The van der Waals surface area contributed by atoms with E-state index in [1.54, 1.807) is 11.3 Å². The average molecular weight is 286 g/mol. The zero-order valence-corrected chi connectivity index (χ0v) is 12.4. The lowest BCUT2D eigenvalue weighted by molar-refractivity contribution is 0.0358. The van der Waals surface area contributed by atoms with E-state index >= 15 is 0 Å². The van der Waals surface area contributed by atoms with Gasteiger partial charge in [0.1, 0.15) is 0 Å². The van der Waals surface area contributed by atoms with Gasteiger partial charge in [0.05, 0.1) is 0 Å². The van der Waals surface area contributed by atoms with Gasteiger partial charge in [-0.3, -0.25) is 4.90 Å². The molecule has 2 atom stereocenters. The van der Waals surface area contributed by atoms with E-state index in [4.69, 9.17) is 11.6 Å². The summed E-state index contributed by atoms with van der Waals surface area (Å²) in [5, 5.41) is 0. The first kappa shape index (κ1) is 12.9. The fourth-order valence-corrected chi connectivity index (χ4v) is 4.47. The van der Waals surface area contributed by atoms with E-state index < -0.39 is 0 Å². The number of hydrogen-bond donors (Lipinski definition) is 0. The van der Waals surface area contributed by atoms with Gasteiger partial charge in [0.15, 0.2) is 4.47 Å². The molecule has 0 spiro atoms. The fourth-order valence-electron chi connectivity index (χ4n) is 3.45. The zero-order valence-electron chi connectivity index (χ0n) is 10.8. The standard InChI is InChI=1S/C13H20ClN3S/c1-16-5-2-3-10-8-17(6-4-12(10)16)9-11-7-15-13(14)18-11/h7,10,12H,2-6,8-9H2,1H3. The largest absolute Gasteiger partial charge is 0.303 e. The van der Waals surface area contributed by atoms with Gasteiger partial charge in [-0.25, -0.2) is 4.98 Å². The Bertz CT molecular complexity index is 409. The summed E-state index contributed by atoms with van der Waals surface area (Å²) in [6.07, 6.45) is 5.99. The van der Waals surface area contributed by atoms with Crippen LogP contribution in [-0.4, -0.2) is 47.5 Å². The SMILES string of the molecule is CN1CCCC2CN(Cc3cnc(Cl)s3)CCC21. The predicted octanol–water partition coefficient (Wildman–Crippen LogP) is 2.71. The second-order valence-electron chi connectivity index (χ2n) is 5.55. The zero-order chi connectivity index (χ0) is 12.5. The Morgan fingerprint density at radius 1 is 1.44 bits per heavy atom. The molecule has 3 rings (SSSR count). The molecule has 1 aromatic heterocycles. The quantitative estimate of drug-likeness (QED) is 0.833. The molecular weight excluding hydrogens is 266 g/mol. The molecule has 0 saturated carbocycles. The molecule has 3 nitrogen and oxygen atoms in total. The number of hydrogen-bond acceptors (Lipinski definition) is 4. The van der Waals surface area contributed by atoms with Crippen LogP contribution in [0.4, 0.5) is 0 Å². The number of aromatic nitrogens is 1. The van der Waals surface area contributed by atoms with E-state index in [0.717, 1.165) is 18.5 Å². The van der Waals surface area contributed by atoms with Gasteiger partial charge in [-0.15, -0.1) is 11.3 Å². The summed E-state index contributed by atoms with van der Waals surface area (Å²) in [7, 11) is 2.29. The molecule has 0 N–H and O–H groups in total. The summed E-state index contributed by atoms with van der Waals surface area (Å²) in [5.74, 6) is 0.862. The van der Waals surface area contributed by atoms with Crippen LogP contribution < -0.4 is 0 Å². The minimum absolute atomic E-state index is 0.664. The highest BCUT2D eigenvalue weighted by atomic mass is 35.5. The van der Waals surface area contributed by atoms with E-state index in [1.165, 1.54) is 43.8 Å². The van der Waals surface area contributed by atoms with Crippen LogP contribution in [0.2, 0.25) is 4.47 Å². The summed E-state index contributed by atoms with van der Waals surface area (Å²) >= 11 is 7.50. The maximum absolute atomic E-state index is 5.89. The Labute approximate surface area is 118 Å². The molecule has 0 amide bonds. The first-order chi connectivity index (χ1) is 8.72. The Hall–Kier alpha value is -0.160. The third kappa shape index (κ3) is 2.72. The molecule has 5 heteroatoms. The van der Waals surface area contributed by atoms with E-state index in [0.29, 0.717) is 4.47 Å². The molecule has 1 aromatic rings. The Kier molecular flexibility index (Phi) is 3.89. The highest BCUT2D eigenvalue weighted by Crippen LogP contribution is 2.30. The van der Waals surface area contributed by atoms with Crippen molar-refractivity contribution in [3.8, 4) is 0 Å². The molecule has 0 aliphatic carbocycles. The van der Waals surface area contributed by atoms with Crippen molar-refractivity contribution in [3.63, 3.8) is 0 Å². The van der Waals surface area contributed by atoms with Crippen molar-refractivity contribution in [2.45, 2.75) is 31.8 Å². The predicted molar refractivity (Wildman–Crippen MR) is 76.2 cm³/mol. The van der Waals surface area contributed by atoms with Crippen LogP contribution in [0.15, 0.2) is 6.20 Å². The van der Waals surface area contributed by atoms with Crippen molar-refractivity contribution >= 4 is 22.9 Å². The molecule has 3 heterocycles. The minimum atomic E-state index is 0.664. The van der Waals surface area contributed by atoms with Crippen molar-refractivity contribution in [2.24, 2.45) is 5.92 Å². The molecule has 18 heavy (non-hydrogen) atoms. The molecule has 0 radical (unpaired) electrons. The molecule has 0 bridgehead atoms. The maximum Gasteiger partial charge on any atom is 0.183 e. The number of rotatable bonds is 2. The average Bonchev–Trinajstić information content (AvgIpc) is 2.75. The Morgan fingerprint density at radius 2 is 2.33 bits per heavy atom. The van der Waals surface area contributed by atoms with Crippen LogP contribution >= 0.6 is 22.9 Å². The van der Waals surface area contributed by atoms with E-state index in [9.17, 15) is 0 Å². The number of piperidine rings is 2. The molecule has 100 valence electrons. The van der Waals surface area contributed by atoms with E-state index in [2.05, 4.69) is 21.8 Å². The minimum Gasteiger partial charge on any atom is -0.303 e. The van der Waals surface area contributed by atoms with Crippen molar-refractivity contribution in [1.29, 1.82) is 0 Å². The number of halogens is 1. The van der Waals surface area contributed by atoms with Crippen molar-refractivity contribution in [2.75, 3.05) is 26.7 Å². The molecule has 2 unspecified atom stereocenters. The third-order valence-corrected chi connectivity index (χ3v) is 5.43. The molecule has 2 saturated heterocycles. The number of thiazole rings is 1. The van der Waals surface area contributed by atoms with Crippen LogP contribution in [0, 0.1) is 5.92 Å². The molecule has 0 aromatic carbocycles.